The summed E-state index contributed by atoms with van der Waals surface area (Å²) < 4.78 is 5.68. The number of nitrogens with zero attached hydrogens (tertiary/aromatic N) is 1. The number of ether oxygens (including phenoxy) is 1. The van der Waals surface area contributed by atoms with Gasteiger partial charge in [0.25, 0.3) is 5.91 Å². The van der Waals surface area contributed by atoms with Gasteiger partial charge < -0.3 is 15.0 Å². The van der Waals surface area contributed by atoms with E-state index in [1.54, 1.807) is 11.8 Å². The van der Waals surface area contributed by atoms with E-state index in [-0.39, 0.29) is 24.5 Å². The molecule has 0 aliphatic carbocycles. The van der Waals surface area contributed by atoms with Gasteiger partial charge in [-0.1, -0.05) is 42.0 Å². The topological polar surface area (TPSA) is 58.6 Å². The average Bonchev–Trinajstić information content (AvgIpc) is 2.63. The Morgan fingerprint density at radius 2 is 1.64 bits per heavy atom. The van der Waals surface area contributed by atoms with Crippen LogP contribution in [0.25, 0.3) is 0 Å². The zero-order valence-electron chi connectivity index (χ0n) is 17.4. The minimum absolute atomic E-state index is 0.00872. The fraction of sp³-hybridized carbons (Fsp3) is 0.391. The van der Waals surface area contributed by atoms with E-state index in [9.17, 15) is 9.59 Å². The highest BCUT2D eigenvalue weighted by atomic mass is 16.5. The Morgan fingerprint density at radius 1 is 1.00 bits per heavy atom. The smallest absolute Gasteiger partial charge is 0.261 e. The van der Waals surface area contributed by atoms with Crippen molar-refractivity contribution in [3.63, 3.8) is 0 Å². The zero-order valence-corrected chi connectivity index (χ0v) is 17.4. The predicted molar refractivity (Wildman–Crippen MR) is 111 cm³/mol. The van der Waals surface area contributed by atoms with Gasteiger partial charge in [0.2, 0.25) is 5.91 Å². The van der Waals surface area contributed by atoms with Crippen molar-refractivity contribution in [3.05, 3.63) is 65.2 Å². The molecule has 5 heteroatoms. The van der Waals surface area contributed by atoms with Crippen LogP contribution in [0.15, 0.2) is 48.5 Å². The molecule has 0 fully saturated rings. The van der Waals surface area contributed by atoms with Crippen molar-refractivity contribution in [3.8, 4) is 5.75 Å². The second kappa shape index (κ2) is 9.93. The van der Waals surface area contributed by atoms with Crippen LogP contribution in [-0.4, -0.2) is 35.4 Å². The van der Waals surface area contributed by atoms with E-state index in [2.05, 4.69) is 5.32 Å². The molecule has 0 saturated carbocycles. The molecule has 0 aromatic heterocycles. The Labute approximate surface area is 167 Å². The van der Waals surface area contributed by atoms with Gasteiger partial charge in [0.05, 0.1) is 0 Å². The van der Waals surface area contributed by atoms with Crippen molar-refractivity contribution >= 4 is 11.8 Å². The molecule has 0 saturated heterocycles. The van der Waals surface area contributed by atoms with E-state index in [0.717, 1.165) is 16.7 Å². The number of carbonyl (C=O) groups excluding carboxylic acids is 2. The van der Waals surface area contributed by atoms with Crippen molar-refractivity contribution in [2.24, 2.45) is 0 Å². The lowest BCUT2D eigenvalue weighted by atomic mass is 10.1. The summed E-state index contributed by atoms with van der Waals surface area (Å²) in [6, 6.07) is 14.9. The number of amides is 2. The third-order valence-corrected chi connectivity index (χ3v) is 4.39. The van der Waals surface area contributed by atoms with Crippen LogP contribution < -0.4 is 10.1 Å². The maximum absolute atomic E-state index is 12.9. The summed E-state index contributed by atoms with van der Waals surface area (Å²) in [6.45, 7) is 9.76. The van der Waals surface area contributed by atoms with Crippen LogP contribution in [0.3, 0.4) is 0 Å². The van der Waals surface area contributed by atoms with Crippen molar-refractivity contribution in [1.82, 2.24) is 10.2 Å². The first-order valence-corrected chi connectivity index (χ1v) is 9.61. The maximum Gasteiger partial charge on any atom is 0.261 e. The van der Waals surface area contributed by atoms with Crippen LogP contribution in [0.5, 0.6) is 5.75 Å². The normalized spacial score (nSPS) is 11.8. The van der Waals surface area contributed by atoms with E-state index in [1.807, 2.05) is 76.2 Å². The van der Waals surface area contributed by atoms with Crippen LogP contribution in [0, 0.1) is 13.8 Å². The van der Waals surface area contributed by atoms with Crippen LogP contribution >= 0.6 is 0 Å². The fourth-order valence-corrected chi connectivity index (χ4v) is 2.93. The maximum atomic E-state index is 12.9. The number of rotatable bonds is 8. The van der Waals surface area contributed by atoms with Gasteiger partial charge in [0, 0.05) is 12.6 Å². The Morgan fingerprint density at radius 3 is 2.25 bits per heavy atom. The molecule has 5 nitrogen and oxygen atoms in total. The van der Waals surface area contributed by atoms with Gasteiger partial charge in [0.15, 0.2) is 6.61 Å². The van der Waals surface area contributed by atoms with Crippen molar-refractivity contribution < 1.29 is 14.3 Å². The van der Waals surface area contributed by atoms with E-state index < -0.39 is 6.04 Å². The molecule has 2 aromatic rings. The minimum atomic E-state index is -0.600. The number of hydrogen-bond acceptors (Lipinski definition) is 3. The summed E-state index contributed by atoms with van der Waals surface area (Å²) in [5.41, 5.74) is 3.15. The SMILES string of the molecule is Cc1cccc(CN(C(=O)COc2cccc(C)c2)[C@@H](C)C(=O)NC(C)C)c1. The Bertz CT molecular complexity index is 817. The molecule has 28 heavy (non-hydrogen) atoms. The lowest BCUT2D eigenvalue weighted by molar-refractivity contribution is -0.142. The molecule has 0 spiro atoms. The lowest BCUT2D eigenvalue weighted by Gasteiger charge is -2.29. The molecular weight excluding hydrogens is 352 g/mol. The quantitative estimate of drug-likeness (QED) is 0.759. The first-order chi connectivity index (χ1) is 13.3. The Balaban J connectivity index is 2.15. The third-order valence-electron chi connectivity index (χ3n) is 4.39. The van der Waals surface area contributed by atoms with Crippen LogP contribution in [0.4, 0.5) is 0 Å². The van der Waals surface area contributed by atoms with Crippen molar-refractivity contribution in [2.75, 3.05) is 6.61 Å². The van der Waals surface area contributed by atoms with Gasteiger partial charge in [-0.3, -0.25) is 9.59 Å². The molecule has 0 radical (unpaired) electrons. The molecule has 2 aromatic carbocycles. The second-order valence-electron chi connectivity index (χ2n) is 7.46. The highest BCUT2D eigenvalue weighted by molar-refractivity contribution is 5.88. The zero-order chi connectivity index (χ0) is 20.7. The van der Waals surface area contributed by atoms with Gasteiger partial charge in [-0.25, -0.2) is 0 Å². The molecule has 2 rings (SSSR count). The average molecular weight is 383 g/mol. The molecule has 2 amide bonds. The van der Waals surface area contributed by atoms with Crippen molar-refractivity contribution in [1.29, 1.82) is 0 Å². The van der Waals surface area contributed by atoms with Crippen LogP contribution in [0.1, 0.15) is 37.5 Å². The molecule has 150 valence electrons. The molecule has 0 unspecified atom stereocenters. The number of benzene rings is 2. The molecule has 0 aliphatic heterocycles. The molecule has 0 bridgehead atoms. The summed E-state index contributed by atoms with van der Waals surface area (Å²) in [5, 5.41) is 2.88. The van der Waals surface area contributed by atoms with Gasteiger partial charge in [-0.15, -0.1) is 0 Å². The van der Waals surface area contributed by atoms with Gasteiger partial charge in [0.1, 0.15) is 11.8 Å². The highest BCUT2D eigenvalue weighted by Crippen LogP contribution is 2.15. The monoisotopic (exact) mass is 382 g/mol. The van der Waals surface area contributed by atoms with E-state index in [4.69, 9.17) is 4.74 Å². The summed E-state index contributed by atoms with van der Waals surface area (Å²) in [7, 11) is 0. The van der Waals surface area contributed by atoms with E-state index in [1.165, 1.54) is 0 Å². The number of hydrogen-bond donors (Lipinski definition) is 1. The van der Waals surface area contributed by atoms with Crippen LogP contribution in [0.2, 0.25) is 0 Å². The van der Waals surface area contributed by atoms with Crippen LogP contribution in [-0.2, 0) is 16.1 Å². The second-order valence-corrected chi connectivity index (χ2v) is 7.46. The highest BCUT2D eigenvalue weighted by Gasteiger charge is 2.26. The fourth-order valence-electron chi connectivity index (χ4n) is 2.93. The van der Waals surface area contributed by atoms with Crippen molar-refractivity contribution in [2.45, 2.75) is 53.2 Å². The van der Waals surface area contributed by atoms with Gasteiger partial charge in [-0.05, 0) is 57.9 Å². The first-order valence-electron chi connectivity index (χ1n) is 9.61. The number of aryl methyl sites for hydroxylation is 2. The minimum Gasteiger partial charge on any atom is -0.484 e. The summed E-state index contributed by atoms with van der Waals surface area (Å²) >= 11 is 0. The summed E-state index contributed by atoms with van der Waals surface area (Å²) in [6.07, 6.45) is 0. The molecular formula is C23H30N2O3. The summed E-state index contributed by atoms with van der Waals surface area (Å²) in [4.78, 5) is 27.0. The summed E-state index contributed by atoms with van der Waals surface area (Å²) in [5.74, 6) is 0.240. The first kappa shape index (κ1) is 21.5. The molecule has 0 heterocycles. The third kappa shape index (κ3) is 6.41. The van der Waals surface area contributed by atoms with Gasteiger partial charge >= 0.3 is 0 Å². The molecule has 1 atom stereocenters. The number of nitrogens with one attached hydrogen (secondary N) is 1. The number of carbonyl (C=O) groups is 2. The van der Waals surface area contributed by atoms with Gasteiger partial charge in [-0.2, -0.15) is 0 Å². The predicted octanol–water partition coefficient (Wildman–Crippen LogP) is 3.62. The molecule has 0 aliphatic rings. The lowest BCUT2D eigenvalue weighted by Crippen LogP contribution is -2.50. The van der Waals surface area contributed by atoms with E-state index >= 15 is 0 Å². The standard InChI is InChI=1S/C23H30N2O3/c1-16(2)24-23(27)19(5)25(14-20-10-6-8-17(3)12-20)22(26)15-28-21-11-7-9-18(4)13-21/h6-13,16,19H,14-15H2,1-5H3,(H,24,27)/t19-/m0/s1. The Hall–Kier alpha value is -2.82. The Kier molecular flexibility index (Phi) is 7.61. The van der Waals surface area contributed by atoms with E-state index in [0.29, 0.717) is 12.3 Å². The molecule has 1 N–H and O–H groups in total. The largest absolute Gasteiger partial charge is 0.484 e.